The molecule has 3 heterocycles. The van der Waals surface area contributed by atoms with Gasteiger partial charge in [-0.3, -0.25) is 4.79 Å². The number of hydrogen-bond donors (Lipinski definition) is 3. The van der Waals surface area contributed by atoms with Gasteiger partial charge in [0.1, 0.15) is 11.3 Å². The number of benzene rings is 2. The van der Waals surface area contributed by atoms with Crippen LogP contribution in [0.5, 0.6) is 17.2 Å². The Hall–Kier alpha value is -4.34. The number of aromatic amines is 1. The topological polar surface area (TPSA) is 145 Å². The zero-order chi connectivity index (χ0) is 20.1. The van der Waals surface area contributed by atoms with Gasteiger partial charge in [-0.1, -0.05) is 12.1 Å². The van der Waals surface area contributed by atoms with Crippen LogP contribution in [-0.4, -0.2) is 37.3 Å². The van der Waals surface area contributed by atoms with Crippen molar-refractivity contribution in [3.05, 3.63) is 58.6 Å². The zero-order valence-corrected chi connectivity index (χ0v) is 14.7. The highest BCUT2D eigenvalue weighted by Crippen LogP contribution is 2.34. The van der Waals surface area contributed by atoms with E-state index in [-0.39, 0.29) is 35.2 Å². The number of aromatic hydroxyl groups is 1. The number of carbonyl (C=O) groups excluding carboxylic acids is 1. The first-order chi connectivity index (χ1) is 14.0. The summed E-state index contributed by atoms with van der Waals surface area (Å²) < 4.78 is 12.0. The molecule has 29 heavy (non-hydrogen) atoms. The van der Waals surface area contributed by atoms with Crippen molar-refractivity contribution in [2.75, 3.05) is 6.79 Å². The number of fused-ring (bicyclic) bond motifs is 2. The molecule has 4 N–H and O–H groups in total. The zero-order valence-electron chi connectivity index (χ0n) is 14.7. The van der Waals surface area contributed by atoms with Gasteiger partial charge < -0.3 is 25.3 Å². The summed E-state index contributed by atoms with van der Waals surface area (Å²) in [7, 11) is 0. The number of nitrogens with two attached hydrogens (primary N) is 1. The lowest BCUT2D eigenvalue weighted by Crippen LogP contribution is -2.15. The minimum Gasteiger partial charge on any atom is -0.508 e. The van der Waals surface area contributed by atoms with Crippen LogP contribution >= 0.6 is 0 Å². The summed E-state index contributed by atoms with van der Waals surface area (Å²) in [5, 5.41) is 9.76. The van der Waals surface area contributed by atoms with E-state index in [1.807, 2.05) is 0 Å². The van der Waals surface area contributed by atoms with Crippen LogP contribution in [0.3, 0.4) is 0 Å². The number of primary amides is 1. The average molecular weight is 391 g/mol. The predicted octanol–water partition coefficient (Wildman–Crippen LogP) is 1.31. The van der Waals surface area contributed by atoms with Gasteiger partial charge in [-0.05, 0) is 24.3 Å². The van der Waals surface area contributed by atoms with Crippen LogP contribution in [0.4, 0.5) is 0 Å². The Balaban J connectivity index is 1.80. The van der Waals surface area contributed by atoms with Crippen LogP contribution < -0.4 is 20.9 Å². The van der Waals surface area contributed by atoms with E-state index in [9.17, 15) is 14.7 Å². The molecule has 1 amide bonds. The molecule has 0 fully saturated rings. The number of H-pyrrole nitrogens is 1. The fraction of sp³-hybridized carbons (Fsp3) is 0.0526. The Labute approximate surface area is 162 Å². The van der Waals surface area contributed by atoms with Gasteiger partial charge in [0.05, 0.1) is 5.69 Å². The Morgan fingerprint density at radius 3 is 2.76 bits per heavy atom. The second-order valence-corrected chi connectivity index (χ2v) is 6.31. The van der Waals surface area contributed by atoms with Gasteiger partial charge >= 0.3 is 5.69 Å². The van der Waals surface area contributed by atoms with Gasteiger partial charge in [0, 0.05) is 11.6 Å². The van der Waals surface area contributed by atoms with Crippen LogP contribution in [-0.2, 0) is 0 Å². The van der Waals surface area contributed by atoms with Crippen molar-refractivity contribution >= 4 is 17.1 Å². The van der Waals surface area contributed by atoms with E-state index in [0.29, 0.717) is 22.7 Å². The number of ether oxygens (including phenoxy) is 2. The summed E-state index contributed by atoms with van der Waals surface area (Å²) in [6.45, 7) is 0.0945. The van der Waals surface area contributed by atoms with Gasteiger partial charge in [0.25, 0.3) is 5.91 Å². The van der Waals surface area contributed by atoms with Crippen molar-refractivity contribution in [3.63, 3.8) is 0 Å². The Kier molecular flexibility index (Phi) is 3.53. The van der Waals surface area contributed by atoms with E-state index in [1.165, 1.54) is 16.7 Å². The molecule has 10 heteroatoms. The largest absolute Gasteiger partial charge is 0.508 e. The van der Waals surface area contributed by atoms with Crippen LogP contribution in [0.1, 0.15) is 10.5 Å². The highest BCUT2D eigenvalue weighted by molar-refractivity contribution is 6.02. The molecule has 1 aliphatic rings. The highest BCUT2D eigenvalue weighted by Gasteiger charge is 2.22. The van der Waals surface area contributed by atoms with Gasteiger partial charge in [0.15, 0.2) is 28.7 Å². The van der Waals surface area contributed by atoms with E-state index in [2.05, 4.69) is 15.0 Å². The van der Waals surface area contributed by atoms with Gasteiger partial charge in [-0.15, -0.1) is 0 Å². The molecular weight excluding hydrogens is 378 g/mol. The predicted molar refractivity (Wildman–Crippen MR) is 101 cm³/mol. The number of phenols is 1. The van der Waals surface area contributed by atoms with Crippen molar-refractivity contribution in [1.82, 2.24) is 19.5 Å². The van der Waals surface area contributed by atoms with Crippen molar-refractivity contribution in [2.24, 2.45) is 5.73 Å². The lowest BCUT2D eigenvalue weighted by atomic mass is 10.2. The average Bonchev–Trinajstić information content (AvgIpc) is 3.29. The third kappa shape index (κ3) is 2.65. The number of hydrogen-bond acceptors (Lipinski definition) is 7. The smallest absolute Gasteiger partial charge is 0.332 e. The first-order valence-electron chi connectivity index (χ1n) is 8.53. The molecule has 2 aromatic carbocycles. The van der Waals surface area contributed by atoms with E-state index < -0.39 is 11.6 Å². The fourth-order valence-corrected chi connectivity index (χ4v) is 3.20. The van der Waals surface area contributed by atoms with Crippen molar-refractivity contribution in [3.8, 4) is 34.3 Å². The first-order valence-corrected chi connectivity index (χ1v) is 8.53. The second kappa shape index (κ2) is 6.09. The molecule has 1 aliphatic heterocycles. The Bertz CT molecular complexity index is 1360. The first kappa shape index (κ1) is 16.8. The fourth-order valence-electron chi connectivity index (χ4n) is 3.20. The number of rotatable bonds is 3. The van der Waals surface area contributed by atoms with E-state index >= 15 is 0 Å². The van der Waals surface area contributed by atoms with E-state index in [1.54, 1.807) is 30.3 Å². The summed E-state index contributed by atoms with van der Waals surface area (Å²) in [4.78, 5) is 35.9. The number of nitrogens with zero attached hydrogens (tertiary/aromatic N) is 3. The van der Waals surface area contributed by atoms with Crippen molar-refractivity contribution < 1.29 is 19.4 Å². The maximum atomic E-state index is 12.7. The molecule has 0 saturated carbocycles. The van der Waals surface area contributed by atoms with Crippen LogP contribution in [0.25, 0.3) is 28.2 Å². The molecule has 0 aliphatic carbocycles. The molecule has 0 unspecified atom stereocenters. The lowest BCUT2D eigenvalue weighted by molar-refractivity contribution is 0.0997. The molecule has 0 bridgehead atoms. The number of amides is 1. The van der Waals surface area contributed by atoms with Crippen molar-refractivity contribution in [2.45, 2.75) is 0 Å². The molecule has 0 radical (unpaired) electrons. The summed E-state index contributed by atoms with van der Waals surface area (Å²) in [6, 6.07) is 11.2. The molecule has 10 nitrogen and oxygen atoms in total. The maximum absolute atomic E-state index is 12.7. The maximum Gasteiger partial charge on any atom is 0.332 e. The third-order valence-corrected chi connectivity index (χ3v) is 4.49. The van der Waals surface area contributed by atoms with E-state index in [0.717, 1.165) is 0 Å². The quantitative estimate of drug-likeness (QED) is 0.477. The number of phenolic OH excluding ortho intramolecular Hbond substituents is 1. The SMILES string of the molecule is NC(=O)c1nc(-c2cccc(O)c2)nc2c1[nH]c(=O)n2-c1ccc2c(c1)OCO2. The minimum absolute atomic E-state index is 0.00838. The normalized spacial score (nSPS) is 12.4. The molecule has 144 valence electrons. The number of carbonyl (C=O) groups is 1. The molecule has 0 saturated heterocycles. The van der Waals surface area contributed by atoms with Crippen molar-refractivity contribution in [1.29, 1.82) is 0 Å². The third-order valence-electron chi connectivity index (χ3n) is 4.49. The highest BCUT2D eigenvalue weighted by atomic mass is 16.7. The monoisotopic (exact) mass is 391 g/mol. The lowest BCUT2D eigenvalue weighted by Gasteiger charge is -2.07. The minimum atomic E-state index is -0.821. The summed E-state index contributed by atoms with van der Waals surface area (Å²) in [5.74, 6) is 0.373. The summed E-state index contributed by atoms with van der Waals surface area (Å²) >= 11 is 0. The molecule has 2 aromatic heterocycles. The van der Waals surface area contributed by atoms with Crippen LogP contribution in [0.15, 0.2) is 47.3 Å². The summed E-state index contributed by atoms with van der Waals surface area (Å²) in [5.41, 5.74) is 6.02. The molecule has 5 rings (SSSR count). The second-order valence-electron chi connectivity index (χ2n) is 6.31. The van der Waals surface area contributed by atoms with Gasteiger partial charge in [-0.2, -0.15) is 0 Å². The van der Waals surface area contributed by atoms with Crippen LogP contribution in [0, 0.1) is 0 Å². The number of aromatic nitrogens is 4. The summed E-state index contributed by atoms with van der Waals surface area (Å²) in [6.07, 6.45) is 0. The van der Waals surface area contributed by atoms with Gasteiger partial charge in [-0.25, -0.2) is 19.3 Å². The standard InChI is InChI=1S/C19H13N5O5/c20-16(26)14-15-18(23-17(21-14)9-2-1-3-11(25)6-9)24(19(27)22-15)10-4-5-12-13(7-10)29-8-28-12/h1-7,25H,8H2,(H2,20,26)(H,22,27). The van der Waals surface area contributed by atoms with E-state index in [4.69, 9.17) is 15.2 Å². The molecule has 4 aromatic rings. The Morgan fingerprint density at radius 2 is 1.97 bits per heavy atom. The Morgan fingerprint density at radius 1 is 1.14 bits per heavy atom. The molecular formula is C19H13N5O5. The molecule has 0 atom stereocenters. The number of nitrogens with one attached hydrogen (secondary N) is 1. The van der Waals surface area contributed by atoms with Gasteiger partial charge in [0.2, 0.25) is 6.79 Å². The molecule has 0 spiro atoms. The number of imidazole rings is 1. The van der Waals surface area contributed by atoms with Crippen LogP contribution in [0.2, 0.25) is 0 Å².